The minimum Gasteiger partial charge on any atom is -0.325 e. The molecule has 2 aromatic carbocycles. The molecule has 2 rings (SSSR count). The normalized spacial score (nSPS) is 10.3. The molecule has 0 aliphatic heterocycles. The zero-order valence-corrected chi connectivity index (χ0v) is 12.8. The lowest BCUT2D eigenvalue weighted by molar-refractivity contribution is -0.384. The van der Waals surface area contributed by atoms with E-state index in [1.54, 1.807) is 12.1 Å². The number of nitrogens with zero attached hydrogens (tertiary/aromatic N) is 1. The Kier molecular flexibility index (Phi) is 4.56. The molecule has 1 N–H and O–H groups in total. The summed E-state index contributed by atoms with van der Waals surface area (Å²) in [6, 6.07) is 10.1. The summed E-state index contributed by atoms with van der Waals surface area (Å²) in [7, 11) is 0. The molecule has 0 aliphatic rings. The molecule has 0 radical (unpaired) electrons. The Morgan fingerprint density at radius 2 is 1.64 bits per heavy atom. The predicted molar refractivity (Wildman–Crippen MR) is 86.1 cm³/mol. The molecule has 0 heterocycles. The number of rotatable bonds is 4. The number of benzene rings is 2. The smallest absolute Gasteiger partial charge is 0.269 e. The quantitative estimate of drug-likeness (QED) is 0.691. The third-order valence-corrected chi connectivity index (χ3v) is 3.45. The summed E-state index contributed by atoms with van der Waals surface area (Å²) in [6.07, 6.45) is 0.185. The molecule has 0 atom stereocenters. The second-order valence-electron chi connectivity index (χ2n) is 5.42. The van der Waals surface area contributed by atoms with Crippen molar-refractivity contribution >= 4 is 17.3 Å². The average molecular weight is 298 g/mol. The summed E-state index contributed by atoms with van der Waals surface area (Å²) < 4.78 is 0. The Morgan fingerprint density at radius 1 is 1.09 bits per heavy atom. The number of carbonyl (C=O) groups is 1. The van der Waals surface area contributed by atoms with E-state index in [-0.39, 0.29) is 18.0 Å². The summed E-state index contributed by atoms with van der Waals surface area (Å²) in [6.45, 7) is 5.94. The summed E-state index contributed by atoms with van der Waals surface area (Å²) in [5, 5.41) is 13.5. The van der Waals surface area contributed by atoms with Gasteiger partial charge in [-0.3, -0.25) is 14.9 Å². The largest absolute Gasteiger partial charge is 0.325 e. The standard InChI is InChI=1S/C17H18N2O3/c1-11-8-12(2)17(13(3)9-11)18-16(20)10-14-4-6-15(7-5-14)19(21)22/h4-9H,10H2,1-3H3,(H,18,20). The summed E-state index contributed by atoms with van der Waals surface area (Å²) >= 11 is 0. The number of amides is 1. The van der Waals surface area contributed by atoms with E-state index in [1.165, 1.54) is 12.1 Å². The van der Waals surface area contributed by atoms with Gasteiger partial charge >= 0.3 is 0 Å². The molecule has 5 nitrogen and oxygen atoms in total. The predicted octanol–water partition coefficient (Wildman–Crippen LogP) is 3.70. The van der Waals surface area contributed by atoms with Crippen molar-refractivity contribution in [3.8, 4) is 0 Å². The van der Waals surface area contributed by atoms with Gasteiger partial charge in [0, 0.05) is 17.8 Å². The van der Waals surface area contributed by atoms with Gasteiger partial charge in [-0.1, -0.05) is 29.8 Å². The number of hydrogen-bond donors (Lipinski definition) is 1. The first-order valence-corrected chi connectivity index (χ1v) is 6.98. The Hall–Kier alpha value is -2.69. The fourth-order valence-corrected chi connectivity index (χ4v) is 2.48. The second kappa shape index (κ2) is 6.39. The van der Waals surface area contributed by atoms with Crippen LogP contribution in [0.2, 0.25) is 0 Å². The first-order chi connectivity index (χ1) is 10.4. The topological polar surface area (TPSA) is 72.2 Å². The lowest BCUT2D eigenvalue weighted by Gasteiger charge is -2.12. The Morgan fingerprint density at radius 3 is 2.14 bits per heavy atom. The number of nitrogens with one attached hydrogen (secondary N) is 1. The van der Waals surface area contributed by atoms with E-state index in [1.807, 2.05) is 32.9 Å². The van der Waals surface area contributed by atoms with Gasteiger partial charge in [0.15, 0.2) is 0 Å². The molecule has 0 unspecified atom stereocenters. The Labute approximate surface area is 129 Å². The number of carbonyl (C=O) groups excluding carboxylic acids is 1. The van der Waals surface area contributed by atoms with Crippen LogP contribution < -0.4 is 5.32 Å². The van der Waals surface area contributed by atoms with Crippen LogP contribution in [0.25, 0.3) is 0 Å². The van der Waals surface area contributed by atoms with E-state index >= 15 is 0 Å². The van der Waals surface area contributed by atoms with Crippen molar-refractivity contribution in [2.24, 2.45) is 0 Å². The van der Waals surface area contributed by atoms with Crippen molar-refractivity contribution in [1.82, 2.24) is 0 Å². The molecule has 0 spiro atoms. The van der Waals surface area contributed by atoms with Crippen molar-refractivity contribution in [3.63, 3.8) is 0 Å². The van der Waals surface area contributed by atoms with Gasteiger partial charge in [-0.2, -0.15) is 0 Å². The Balaban J connectivity index is 2.09. The van der Waals surface area contributed by atoms with E-state index in [0.717, 1.165) is 27.9 Å². The highest BCUT2D eigenvalue weighted by Gasteiger charge is 2.10. The molecule has 114 valence electrons. The SMILES string of the molecule is Cc1cc(C)c(NC(=O)Cc2ccc([N+](=O)[O-])cc2)c(C)c1. The minimum absolute atomic E-state index is 0.0226. The lowest BCUT2D eigenvalue weighted by Crippen LogP contribution is -2.16. The first-order valence-electron chi connectivity index (χ1n) is 6.98. The van der Waals surface area contributed by atoms with Gasteiger partial charge in [0.25, 0.3) is 5.69 Å². The average Bonchev–Trinajstić information content (AvgIpc) is 2.43. The van der Waals surface area contributed by atoms with Crippen molar-refractivity contribution in [1.29, 1.82) is 0 Å². The van der Waals surface area contributed by atoms with E-state index < -0.39 is 4.92 Å². The van der Waals surface area contributed by atoms with Gasteiger partial charge in [0.2, 0.25) is 5.91 Å². The number of anilines is 1. The van der Waals surface area contributed by atoms with Gasteiger partial charge in [-0.05, 0) is 37.5 Å². The molecular formula is C17H18N2O3. The minimum atomic E-state index is -0.455. The van der Waals surface area contributed by atoms with Crippen LogP contribution in [0.5, 0.6) is 0 Å². The molecule has 5 heteroatoms. The number of nitro benzene ring substituents is 1. The summed E-state index contributed by atoms with van der Waals surface area (Å²) in [4.78, 5) is 22.3. The van der Waals surface area contributed by atoms with Crippen LogP contribution in [0.4, 0.5) is 11.4 Å². The van der Waals surface area contributed by atoms with E-state index in [9.17, 15) is 14.9 Å². The molecule has 1 amide bonds. The van der Waals surface area contributed by atoms with E-state index in [2.05, 4.69) is 5.32 Å². The fourth-order valence-electron chi connectivity index (χ4n) is 2.48. The maximum atomic E-state index is 12.1. The number of nitro groups is 1. The molecule has 22 heavy (non-hydrogen) atoms. The van der Waals surface area contributed by atoms with Crippen molar-refractivity contribution in [2.75, 3.05) is 5.32 Å². The third-order valence-electron chi connectivity index (χ3n) is 3.45. The molecular weight excluding hydrogens is 280 g/mol. The highest BCUT2D eigenvalue weighted by Crippen LogP contribution is 2.22. The Bertz CT molecular complexity index is 698. The van der Waals surface area contributed by atoms with Gasteiger partial charge < -0.3 is 5.32 Å². The van der Waals surface area contributed by atoms with Crippen LogP contribution >= 0.6 is 0 Å². The van der Waals surface area contributed by atoms with Crippen LogP contribution in [0.1, 0.15) is 22.3 Å². The van der Waals surface area contributed by atoms with Gasteiger partial charge in [0.05, 0.1) is 11.3 Å². The first kappa shape index (κ1) is 15.7. The van der Waals surface area contributed by atoms with Crippen LogP contribution in [-0.4, -0.2) is 10.8 Å². The monoisotopic (exact) mass is 298 g/mol. The maximum absolute atomic E-state index is 12.1. The number of aryl methyl sites for hydroxylation is 3. The maximum Gasteiger partial charge on any atom is 0.269 e. The molecule has 0 bridgehead atoms. The van der Waals surface area contributed by atoms with E-state index in [4.69, 9.17) is 0 Å². The molecule has 0 fully saturated rings. The molecule has 0 aromatic heterocycles. The lowest BCUT2D eigenvalue weighted by atomic mass is 10.0. The van der Waals surface area contributed by atoms with E-state index in [0.29, 0.717) is 0 Å². The van der Waals surface area contributed by atoms with Crippen LogP contribution in [0.15, 0.2) is 36.4 Å². The van der Waals surface area contributed by atoms with Gasteiger partial charge in [-0.25, -0.2) is 0 Å². The highest BCUT2D eigenvalue weighted by molar-refractivity contribution is 5.93. The van der Waals surface area contributed by atoms with Gasteiger partial charge in [-0.15, -0.1) is 0 Å². The molecule has 0 saturated heterocycles. The fraction of sp³-hybridized carbons (Fsp3) is 0.235. The molecule has 2 aromatic rings. The molecule has 0 saturated carbocycles. The summed E-state index contributed by atoms with van der Waals surface area (Å²) in [5.41, 5.74) is 4.80. The zero-order valence-electron chi connectivity index (χ0n) is 12.8. The van der Waals surface area contributed by atoms with Crippen molar-refractivity contribution in [2.45, 2.75) is 27.2 Å². The zero-order chi connectivity index (χ0) is 16.3. The summed E-state index contributed by atoms with van der Waals surface area (Å²) in [5.74, 6) is -0.135. The molecule has 0 aliphatic carbocycles. The van der Waals surface area contributed by atoms with Crippen LogP contribution in [-0.2, 0) is 11.2 Å². The van der Waals surface area contributed by atoms with Crippen LogP contribution in [0, 0.1) is 30.9 Å². The third kappa shape index (κ3) is 3.69. The van der Waals surface area contributed by atoms with Gasteiger partial charge in [0.1, 0.15) is 0 Å². The highest BCUT2D eigenvalue weighted by atomic mass is 16.6. The second-order valence-corrected chi connectivity index (χ2v) is 5.42. The number of non-ortho nitro benzene ring substituents is 1. The van der Waals surface area contributed by atoms with Crippen molar-refractivity contribution < 1.29 is 9.72 Å². The van der Waals surface area contributed by atoms with Crippen molar-refractivity contribution in [3.05, 3.63) is 68.8 Å². The van der Waals surface area contributed by atoms with Crippen LogP contribution in [0.3, 0.4) is 0 Å². The number of hydrogen-bond acceptors (Lipinski definition) is 3.